The number of aryl methyl sites for hydroxylation is 2. The Morgan fingerprint density at radius 2 is 1.30 bits per heavy atom. The minimum absolute atomic E-state index is 0.0331. The smallest absolute Gasteiger partial charge is 0.322 e. The number of halogens is 7. The van der Waals surface area contributed by atoms with Crippen LogP contribution in [0.4, 0.5) is 42.1 Å². The maximum atomic E-state index is 14.6. The summed E-state index contributed by atoms with van der Waals surface area (Å²) in [7, 11) is 0. The highest BCUT2D eigenvalue weighted by Crippen LogP contribution is 2.53. The van der Waals surface area contributed by atoms with Crippen molar-refractivity contribution >= 4 is 23.2 Å². The van der Waals surface area contributed by atoms with Gasteiger partial charge in [0.1, 0.15) is 6.07 Å². The Morgan fingerprint density at radius 3 is 1.73 bits per heavy atom. The predicted octanol–water partition coefficient (Wildman–Crippen LogP) is 8.28. The Kier molecular flexibility index (Phi) is 10.9. The standard InChI is InChI=1S/C29H21F7N4O2.C2H6/c1-4-40(26(42)19-7-5-18(14-37)6-8-19)23-13-20(9-10-21(23)15-38)25(41)39-24-16(2)11-22(12-17(24)3)27(30,28(31,32)33)29(34,35)36;1-2/h5-13H,4H2,1-3H3,(H,39,41);1-2H3. The molecule has 0 aliphatic carbocycles. The zero-order valence-corrected chi connectivity index (χ0v) is 24.2. The first-order valence-corrected chi connectivity index (χ1v) is 13.1. The van der Waals surface area contributed by atoms with Crippen molar-refractivity contribution in [1.29, 1.82) is 10.5 Å². The molecule has 0 radical (unpaired) electrons. The first-order valence-electron chi connectivity index (χ1n) is 13.1. The van der Waals surface area contributed by atoms with E-state index >= 15 is 0 Å². The number of amides is 2. The van der Waals surface area contributed by atoms with Gasteiger partial charge >= 0.3 is 18.0 Å². The molecule has 6 nitrogen and oxygen atoms in total. The molecule has 0 heterocycles. The third-order valence-electron chi connectivity index (χ3n) is 6.44. The fraction of sp³-hybridized carbons (Fsp3) is 0.290. The van der Waals surface area contributed by atoms with Crippen LogP contribution < -0.4 is 10.2 Å². The minimum Gasteiger partial charge on any atom is -0.322 e. The van der Waals surface area contributed by atoms with Crippen LogP contribution in [0.5, 0.6) is 0 Å². The maximum Gasteiger partial charge on any atom is 0.435 e. The number of carbonyl (C=O) groups is 2. The number of nitrogens with one attached hydrogen (secondary N) is 1. The van der Waals surface area contributed by atoms with Crippen LogP contribution in [0.15, 0.2) is 54.6 Å². The van der Waals surface area contributed by atoms with Crippen LogP contribution in [-0.4, -0.2) is 30.7 Å². The van der Waals surface area contributed by atoms with Crippen LogP contribution in [0.25, 0.3) is 0 Å². The Bertz CT molecular complexity index is 1580. The number of hydrogen-bond donors (Lipinski definition) is 1. The van der Waals surface area contributed by atoms with Gasteiger partial charge in [-0.3, -0.25) is 9.59 Å². The molecule has 3 aromatic carbocycles. The number of benzene rings is 3. The van der Waals surface area contributed by atoms with Crippen molar-refractivity contribution in [2.45, 2.75) is 52.6 Å². The van der Waals surface area contributed by atoms with Crippen molar-refractivity contribution in [3.63, 3.8) is 0 Å². The van der Waals surface area contributed by atoms with Gasteiger partial charge in [-0.05, 0) is 74.4 Å². The minimum atomic E-state index is -6.30. The van der Waals surface area contributed by atoms with Gasteiger partial charge in [-0.15, -0.1) is 0 Å². The summed E-state index contributed by atoms with van der Waals surface area (Å²) < 4.78 is 94.1. The number of carbonyl (C=O) groups excluding carboxylic acids is 2. The van der Waals surface area contributed by atoms with Crippen molar-refractivity contribution in [2.75, 3.05) is 16.8 Å². The van der Waals surface area contributed by atoms with Crippen LogP contribution in [0, 0.1) is 36.5 Å². The first-order chi connectivity index (χ1) is 20.5. The number of alkyl halides is 7. The zero-order valence-electron chi connectivity index (χ0n) is 24.2. The first kappa shape index (κ1) is 35.3. The summed E-state index contributed by atoms with van der Waals surface area (Å²) in [5.41, 5.74) is -7.49. The summed E-state index contributed by atoms with van der Waals surface area (Å²) in [5, 5.41) is 21.0. The van der Waals surface area contributed by atoms with E-state index in [1.54, 1.807) is 6.92 Å². The molecule has 0 spiro atoms. The molecule has 0 aliphatic heterocycles. The molecule has 3 aromatic rings. The van der Waals surface area contributed by atoms with Gasteiger partial charge in [0.15, 0.2) is 0 Å². The predicted molar refractivity (Wildman–Crippen MR) is 150 cm³/mol. The lowest BCUT2D eigenvalue weighted by atomic mass is 9.90. The largest absolute Gasteiger partial charge is 0.435 e. The lowest BCUT2D eigenvalue weighted by molar-refractivity contribution is -0.348. The molecular weight excluding hydrogens is 593 g/mol. The second-order valence-electron chi connectivity index (χ2n) is 9.18. The van der Waals surface area contributed by atoms with E-state index in [9.17, 15) is 45.6 Å². The van der Waals surface area contributed by atoms with Gasteiger partial charge in [-0.25, -0.2) is 4.39 Å². The second-order valence-corrected chi connectivity index (χ2v) is 9.18. The van der Waals surface area contributed by atoms with Crippen LogP contribution in [0.1, 0.15) is 69.3 Å². The molecular formula is C31H27F7N4O2. The van der Waals surface area contributed by atoms with Crippen molar-refractivity contribution in [3.8, 4) is 12.1 Å². The third-order valence-corrected chi connectivity index (χ3v) is 6.44. The third kappa shape index (κ3) is 6.83. The van der Waals surface area contributed by atoms with Crippen molar-refractivity contribution in [3.05, 3.63) is 93.5 Å². The van der Waals surface area contributed by atoms with Gasteiger partial charge < -0.3 is 10.2 Å². The van der Waals surface area contributed by atoms with E-state index in [0.29, 0.717) is 17.7 Å². The van der Waals surface area contributed by atoms with Crippen LogP contribution in [-0.2, 0) is 5.67 Å². The number of nitrogens with zero attached hydrogens (tertiary/aromatic N) is 3. The Labute approximate surface area is 249 Å². The molecule has 2 amide bonds. The molecule has 3 rings (SSSR count). The van der Waals surface area contributed by atoms with Gasteiger partial charge in [0, 0.05) is 28.9 Å². The molecule has 0 saturated carbocycles. The summed E-state index contributed by atoms with van der Waals surface area (Å²) in [6.07, 6.45) is -12.6. The summed E-state index contributed by atoms with van der Waals surface area (Å²) in [5.74, 6) is -1.40. The molecule has 1 N–H and O–H groups in total. The van der Waals surface area contributed by atoms with Crippen LogP contribution >= 0.6 is 0 Å². The van der Waals surface area contributed by atoms with Gasteiger partial charge in [0.25, 0.3) is 11.8 Å². The molecule has 0 aromatic heterocycles. The van der Waals surface area contributed by atoms with Crippen LogP contribution in [0.2, 0.25) is 0 Å². The van der Waals surface area contributed by atoms with Crippen molar-refractivity contribution in [2.24, 2.45) is 0 Å². The molecule has 13 heteroatoms. The lowest BCUT2D eigenvalue weighted by Gasteiger charge is -2.31. The Balaban J connectivity index is 0.00000330. The highest BCUT2D eigenvalue weighted by atomic mass is 19.4. The fourth-order valence-electron chi connectivity index (χ4n) is 4.29. The lowest BCUT2D eigenvalue weighted by Crippen LogP contribution is -2.50. The van der Waals surface area contributed by atoms with E-state index in [1.165, 1.54) is 47.4 Å². The van der Waals surface area contributed by atoms with Crippen LogP contribution in [0.3, 0.4) is 0 Å². The van der Waals surface area contributed by atoms with E-state index in [4.69, 9.17) is 5.26 Å². The van der Waals surface area contributed by atoms with E-state index in [2.05, 4.69) is 5.32 Å². The molecule has 0 aliphatic rings. The van der Waals surface area contributed by atoms with Crippen molar-refractivity contribution in [1.82, 2.24) is 0 Å². The van der Waals surface area contributed by atoms with E-state index < -0.39 is 35.4 Å². The highest BCUT2D eigenvalue weighted by molar-refractivity contribution is 6.09. The number of hydrogen-bond acceptors (Lipinski definition) is 4. The van der Waals surface area contributed by atoms with Gasteiger partial charge in [0.05, 0.1) is 22.9 Å². The number of anilines is 2. The summed E-state index contributed by atoms with van der Waals surface area (Å²) >= 11 is 0. The summed E-state index contributed by atoms with van der Waals surface area (Å²) in [6.45, 7) is 7.91. The number of nitriles is 2. The Hall–Kier alpha value is -4.91. The molecule has 0 saturated heterocycles. The quantitative estimate of drug-likeness (QED) is 0.281. The molecule has 232 valence electrons. The maximum absolute atomic E-state index is 14.6. The van der Waals surface area contributed by atoms with Crippen molar-refractivity contribution < 1.29 is 40.3 Å². The van der Waals surface area contributed by atoms with Gasteiger partial charge in [0.2, 0.25) is 0 Å². The fourth-order valence-corrected chi connectivity index (χ4v) is 4.29. The molecule has 0 bridgehead atoms. The SMILES string of the molecule is CC.CCN(C(=O)c1ccc(C#N)cc1)c1cc(C(=O)Nc2c(C)cc(C(F)(C(F)(F)F)C(F)(F)F)cc2C)ccc1C#N. The second kappa shape index (κ2) is 13.6. The average molecular weight is 621 g/mol. The van der Waals surface area contributed by atoms with E-state index in [0.717, 1.165) is 13.8 Å². The normalized spacial score (nSPS) is 11.4. The molecule has 44 heavy (non-hydrogen) atoms. The monoisotopic (exact) mass is 620 g/mol. The zero-order chi connectivity index (χ0) is 33.6. The molecule has 0 unspecified atom stereocenters. The Morgan fingerprint density at radius 1 is 0.795 bits per heavy atom. The summed E-state index contributed by atoms with van der Waals surface area (Å²) in [6, 6.07) is 14.0. The van der Waals surface area contributed by atoms with E-state index in [-0.39, 0.29) is 45.7 Å². The average Bonchev–Trinajstić information content (AvgIpc) is 2.98. The topological polar surface area (TPSA) is 97.0 Å². The highest BCUT2D eigenvalue weighted by Gasteiger charge is 2.73. The van der Waals surface area contributed by atoms with Gasteiger partial charge in [-0.2, -0.15) is 36.9 Å². The summed E-state index contributed by atoms with van der Waals surface area (Å²) in [4.78, 5) is 27.6. The van der Waals surface area contributed by atoms with Gasteiger partial charge in [-0.1, -0.05) is 26.0 Å². The molecule has 0 fully saturated rings. The molecule has 0 atom stereocenters. The van der Waals surface area contributed by atoms with E-state index in [1.807, 2.05) is 26.0 Å². The number of rotatable bonds is 6.